The van der Waals surface area contributed by atoms with Gasteiger partial charge in [-0.05, 0) is 36.2 Å². The molecule has 30 heavy (non-hydrogen) atoms. The number of hydrogen-bond acceptors (Lipinski definition) is 4. The van der Waals surface area contributed by atoms with Crippen molar-refractivity contribution < 1.29 is 14.3 Å². The molecular formula is C23H24N4O3. The minimum absolute atomic E-state index is 0.0119. The second-order valence-corrected chi connectivity index (χ2v) is 7.33. The summed E-state index contributed by atoms with van der Waals surface area (Å²) in [5.41, 5.74) is 3.32. The molecule has 0 aliphatic carbocycles. The Labute approximate surface area is 175 Å². The molecule has 0 atom stereocenters. The number of benzene rings is 2. The maximum Gasteiger partial charge on any atom is 0.272 e. The van der Waals surface area contributed by atoms with E-state index in [2.05, 4.69) is 10.4 Å². The zero-order chi connectivity index (χ0) is 20.9. The standard InChI is InChI=1S/C23H24N4O3/c1-17-6-5-9-20(12-17)30-16-22(28)26-10-11-27-19(15-26)13-21(25-27)23(29)24-14-18-7-3-2-4-8-18/h2-9,12-13H,10-11,14-16H2,1H3,(H,24,29). The van der Waals surface area contributed by atoms with E-state index in [0.29, 0.717) is 37.6 Å². The first-order valence-corrected chi connectivity index (χ1v) is 9.94. The number of fused-ring (bicyclic) bond motifs is 1. The van der Waals surface area contributed by atoms with Crippen molar-refractivity contribution in [2.45, 2.75) is 26.6 Å². The number of aromatic nitrogens is 2. The van der Waals surface area contributed by atoms with Crippen molar-refractivity contribution in [3.8, 4) is 5.75 Å². The molecular weight excluding hydrogens is 380 g/mol. The van der Waals surface area contributed by atoms with Crippen LogP contribution in [0.25, 0.3) is 0 Å². The number of nitrogens with one attached hydrogen (secondary N) is 1. The number of ether oxygens (including phenoxy) is 1. The Morgan fingerprint density at radius 2 is 1.90 bits per heavy atom. The van der Waals surface area contributed by atoms with Crippen molar-refractivity contribution in [3.63, 3.8) is 0 Å². The van der Waals surface area contributed by atoms with Gasteiger partial charge in [0, 0.05) is 13.1 Å². The highest BCUT2D eigenvalue weighted by atomic mass is 16.5. The van der Waals surface area contributed by atoms with Crippen LogP contribution in [0, 0.1) is 6.92 Å². The van der Waals surface area contributed by atoms with Crippen molar-refractivity contribution in [3.05, 3.63) is 83.2 Å². The average molecular weight is 404 g/mol. The number of hydrogen-bond donors (Lipinski definition) is 1. The van der Waals surface area contributed by atoms with Crippen LogP contribution in [0.3, 0.4) is 0 Å². The highest BCUT2D eigenvalue weighted by molar-refractivity contribution is 5.92. The highest BCUT2D eigenvalue weighted by Crippen LogP contribution is 2.16. The molecule has 2 heterocycles. The highest BCUT2D eigenvalue weighted by Gasteiger charge is 2.24. The molecule has 0 radical (unpaired) electrons. The third-order valence-electron chi connectivity index (χ3n) is 5.03. The summed E-state index contributed by atoms with van der Waals surface area (Å²) in [7, 11) is 0. The Balaban J connectivity index is 1.33. The van der Waals surface area contributed by atoms with Crippen molar-refractivity contribution >= 4 is 11.8 Å². The Morgan fingerprint density at radius 1 is 1.07 bits per heavy atom. The second-order valence-electron chi connectivity index (χ2n) is 7.33. The van der Waals surface area contributed by atoms with Gasteiger partial charge in [-0.15, -0.1) is 0 Å². The van der Waals surface area contributed by atoms with Crippen LogP contribution in [0.2, 0.25) is 0 Å². The Bertz CT molecular complexity index is 1050. The van der Waals surface area contributed by atoms with Gasteiger partial charge >= 0.3 is 0 Å². The van der Waals surface area contributed by atoms with Gasteiger partial charge in [-0.25, -0.2) is 0 Å². The van der Waals surface area contributed by atoms with Crippen LogP contribution < -0.4 is 10.1 Å². The number of carbonyl (C=O) groups excluding carboxylic acids is 2. The number of rotatable bonds is 6. The Morgan fingerprint density at radius 3 is 2.70 bits per heavy atom. The summed E-state index contributed by atoms with van der Waals surface area (Å²) in [4.78, 5) is 26.7. The minimum Gasteiger partial charge on any atom is -0.484 e. The summed E-state index contributed by atoms with van der Waals surface area (Å²) >= 11 is 0. The summed E-state index contributed by atoms with van der Waals surface area (Å²) in [6.07, 6.45) is 0. The lowest BCUT2D eigenvalue weighted by atomic mass is 10.2. The topological polar surface area (TPSA) is 76.5 Å². The second kappa shape index (κ2) is 8.82. The third kappa shape index (κ3) is 4.68. The molecule has 1 aromatic heterocycles. The lowest BCUT2D eigenvalue weighted by Gasteiger charge is -2.27. The Kier molecular flexibility index (Phi) is 5.79. The SMILES string of the molecule is Cc1cccc(OCC(=O)N2CCn3nc(C(=O)NCc4ccccc4)cc3C2)c1. The van der Waals surface area contributed by atoms with E-state index in [-0.39, 0.29) is 18.4 Å². The zero-order valence-electron chi connectivity index (χ0n) is 16.9. The molecule has 0 spiro atoms. The van der Waals surface area contributed by atoms with Crippen molar-refractivity contribution in [1.29, 1.82) is 0 Å². The number of aryl methyl sites for hydroxylation is 1. The molecule has 2 aromatic carbocycles. The summed E-state index contributed by atoms with van der Waals surface area (Å²) in [5, 5.41) is 7.28. The Hall–Kier alpha value is -3.61. The fourth-order valence-electron chi connectivity index (χ4n) is 3.40. The molecule has 1 aliphatic heterocycles. The van der Waals surface area contributed by atoms with Crippen molar-refractivity contribution in [1.82, 2.24) is 20.0 Å². The molecule has 2 amide bonds. The van der Waals surface area contributed by atoms with Crippen LogP contribution in [-0.4, -0.2) is 39.6 Å². The number of nitrogens with zero attached hydrogens (tertiary/aromatic N) is 3. The van der Waals surface area contributed by atoms with Gasteiger partial charge in [-0.1, -0.05) is 42.5 Å². The number of amides is 2. The van der Waals surface area contributed by atoms with E-state index >= 15 is 0 Å². The van der Waals surface area contributed by atoms with Crippen LogP contribution in [0.5, 0.6) is 5.75 Å². The van der Waals surface area contributed by atoms with E-state index in [0.717, 1.165) is 16.8 Å². The normalized spacial score (nSPS) is 12.9. The quantitative estimate of drug-likeness (QED) is 0.685. The molecule has 0 fully saturated rings. The van der Waals surface area contributed by atoms with Crippen LogP contribution in [0.4, 0.5) is 0 Å². The number of carbonyl (C=O) groups is 2. The molecule has 7 heteroatoms. The van der Waals surface area contributed by atoms with Gasteiger partial charge in [0.2, 0.25) is 0 Å². The molecule has 4 rings (SSSR count). The first-order chi connectivity index (χ1) is 14.6. The van der Waals surface area contributed by atoms with Gasteiger partial charge in [-0.2, -0.15) is 5.10 Å². The molecule has 3 aromatic rings. The maximum absolute atomic E-state index is 12.6. The lowest BCUT2D eigenvalue weighted by Crippen LogP contribution is -2.40. The zero-order valence-corrected chi connectivity index (χ0v) is 16.9. The third-order valence-corrected chi connectivity index (χ3v) is 5.03. The molecule has 0 unspecified atom stereocenters. The van der Waals surface area contributed by atoms with Crippen LogP contribution >= 0.6 is 0 Å². The molecule has 1 aliphatic rings. The van der Waals surface area contributed by atoms with E-state index < -0.39 is 0 Å². The molecule has 1 N–H and O–H groups in total. The predicted octanol–water partition coefficient (Wildman–Crippen LogP) is 2.54. The molecule has 0 saturated heterocycles. The fraction of sp³-hybridized carbons (Fsp3) is 0.261. The summed E-state index contributed by atoms with van der Waals surface area (Å²) in [6.45, 7) is 3.92. The van der Waals surface area contributed by atoms with Crippen molar-refractivity contribution in [2.24, 2.45) is 0 Å². The largest absolute Gasteiger partial charge is 0.484 e. The lowest BCUT2D eigenvalue weighted by molar-refractivity contribution is -0.134. The van der Waals surface area contributed by atoms with Crippen LogP contribution in [0.1, 0.15) is 27.3 Å². The monoisotopic (exact) mass is 404 g/mol. The van der Waals surface area contributed by atoms with Gasteiger partial charge in [0.1, 0.15) is 5.75 Å². The van der Waals surface area contributed by atoms with Crippen LogP contribution in [0.15, 0.2) is 60.7 Å². The minimum atomic E-state index is -0.221. The van der Waals surface area contributed by atoms with Gasteiger partial charge in [0.15, 0.2) is 12.3 Å². The van der Waals surface area contributed by atoms with E-state index in [1.54, 1.807) is 15.6 Å². The van der Waals surface area contributed by atoms with Crippen LogP contribution in [-0.2, 0) is 24.4 Å². The molecule has 154 valence electrons. The molecule has 7 nitrogen and oxygen atoms in total. The van der Waals surface area contributed by atoms with E-state index in [4.69, 9.17) is 4.74 Å². The smallest absolute Gasteiger partial charge is 0.272 e. The van der Waals surface area contributed by atoms with Gasteiger partial charge in [0.25, 0.3) is 11.8 Å². The van der Waals surface area contributed by atoms with Crippen molar-refractivity contribution in [2.75, 3.05) is 13.2 Å². The molecule has 0 bridgehead atoms. The van der Waals surface area contributed by atoms with E-state index in [1.807, 2.05) is 61.5 Å². The summed E-state index contributed by atoms with van der Waals surface area (Å²) < 4.78 is 7.42. The summed E-state index contributed by atoms with van der Waals surface area (Å²) in [5.74, 6) is 0.378. The molecule has 0 saturated carbocycles. The first kappa shape index (κ1) is 19.7. The maximum atomic E-state index is 12.6. The van der Waals surface area contributed by atoms with Gasteiger partial charge in [0.05, 0.1) is 18.8 Å². The van der Waals surface area contributed by atoms with Gasteiger partial charge in [-0.3, -0.25) is 14.3 Å². The first-order valence-electron chi connectivity index (χ1n) is 9.94. The fourth-order valence-corrected chi connectivity index (χ4v) is 3.40. The predicted molar refractivity (Wildman–Crippen MR) is 112 cm³/mol. The van der Waals surface area contributed by atoms with E-state index in [1.165, 1.54) is 0 Å². The summed E-state index contributed by atoms with van der Waals surface area (Å²) in [6, 6.07) is 19.1. The average Bonchev–Trinajstić information content (AvgIpc) is 3.20. The van der Waals surface area contributed by atoms with Gasteiger partial charge < -0.3 is 15.0 Å². The van der Waals surface area contributed by atoms with E-state index in [9.17, 15) is 9.59 Å².